The van der Waals surface area contributed by atoms with Crippen molar-refractivity contribution in [3.8, 4) is 6.07 Å². The lowest BCUT2D eigenvalue weighted by atomic mass is 10.1. The number of nitrogens with zero attached hydrogens (tertiary/aromatic N) is 3. The summed E-state index contributed by atoms with van der Waals surface area (Å²) in [5, 5.41) is 8.86. The zero-order valence-electron chi connectivity index (χ0n) is 14.6. The van der Waals surface area contributed by atoms with Crippen LogP contribution < -0.4 is 9.21 Å². The van der Waals surface area contributed by atoms with E-state index in [9.17, 15) is 13.2 Å². The summed E-state index contributed by atoms with van der Waals surface area (Å²) in [4.78, 5) is 13.6. The van der Waals surface area contributed by atoms with Gasteiger partial charge < -0.3 is 4.90 Å². The van der Waals surface area contributed by atoms with Crippen LogP contribution in [0.15, 0.2) is 48.5 Å². The van der Waals surface area contributed by atoms with Gasteiger partial charge in [-0.2, -0.15) is 5.26 Å². The minimum Gasteiger partial charge on any atom is -0.306 e. The quantitative estimate of drug-likeness (QED) is 0.833. The van der Waals surface area contributed by atoms with Crippen LogP contribution in [0.1, 0.15) is 25.0 Å². The van der Waals surface area contributed by atoms with E-state index in [0.717, 1.165) is 0 Å². The number of benzene rings is 2. The van der Waals surface area contributed by atoms with Crippen molar-refractivity contribution >= 4 is 27.3 Å². The zero-order chi connectivity index (χ0) is 18.9. The van der Waals surface area contributed by atoms with E-state index in [1.54, 1.807) is 53.4 Å². The molecule has 0 saturated heterocycles. The molecule has 1 amide bonds. The molecule has 1 aliphatic rings. The molecule has 134 valence electrons. The van der Waals surface area contributed by atoms with Crippen LogP contribution in [0.3, 0.4) is 0 Å². The lowest BCUT2D eigenvalue weighted by molar-refractivity contribution is -0.117. The van der Waals surface area contributed by atoms with Gasteiger partial charge in [0.05, 0.1) is 41.3 Å². The molecule has 3 rings (SSSR count). The minimum absolute atomic E-state index is 0.117. The summed E-state index contributed by atoms with van der Waals surface area (Å²) in [6.07, 6.45) is 0. The Kier molecular flexibility index (Phi) is 4.70. The number of hydrogen-bond acceptors (Lipinski definition) is 4. The molecular weight excluding hydrogens is 350 g/mol. The average molecular weight is 369 g/mol. The Bertz CT molecular complexity index is 978. The third kappa shape index (κ3) is 3.28. The number of rotatable bonds is 3. The number of nitriles is 1. The van der Waals surface area contributed by atoms with Crippen LogP contribution in [-0.4, -0.2) is 26.9 Å². The van der Waals surface area contributed by atoms with E-state index in [1.165, 1.54) is 11.2 Å². The van der Waals surface area contributed by atoms with Crippen molar-refractivity contribution in [2.45, 2.75) is 25.6 Å². The summed E-state index contributed by atoms with van der Waals surface area (Å²) < 4.78 is 27.5. The zero-order valence-corrected chi connectivity index (χ0v) is 15.4. The smallest absolute Gasteiger partial charge is 0.239 e. The average Bonchev–Trinajstić information content (AvgIpc) is 2.61. The minimum atomic E-state index is -3.64. The van der Waals surface area contributed by atoms with Gasteiger partial charge in [-0.3, -0.25) is 9.10 Å². The molecule has 0 unspecified atom stereocenters. The van der Waals surface area contributed by atoms with Crippen molar-refractivity contribution in [1.29, 1.82) is 5.26 Å². The third-order valence-corrected chi connectivity index (χ3v) is 6.10. The lowest BCUT2D eigenvalue weighted by Gasteiger charge is -2.41. The number of para-hydroxylation sites is 2. The fourth-order valence-corrected chi connectivity index (χ4v) is 4.91. The van der Waals surface area contributed by atoms with Crippen molar-refractivity contribution in [2.24, 2.45) is 0 Å². The van der Waals surface area contributed by atoms with Crippen LogP contribution in [0.2, 0.25) is 0 Å². The third-order valence-electron chi connectivity index (χ3n) is 4.39. The fourth-order valence-electron chi connectivity index (χ4n) is 3.24. The molecule has 6 nitrogen and oxygen atoms in total. The van der Waals surface area contributed by atoms with Gasteiger partial charge in [0.1, 0.15) is 0 Å². The Morgan fingerprint density at radius 2 is 1.77 bits per heavy atom. The van der Waals surface area contributed by atoms with E-state index in [-0.39, 0.29) is 24.2 Å². The molecule has 0 N–H and O–H groups in total. The first kappa shape index (κ1) is 18.0. The summed E-state index contributed by atoms with van der Waals surface area (Å²) >= 11 is 0. The Morgan fingerprint density at radius 3 is 2.35 bits per heavy atom. The van der Waals surface area contributed by atoms with Gasteiger partial charge in [-0.1, -0.05) is 24.3 Å². The molecule has 0 aromatic heterocycles. The van der Waals surface area contributed by atoms with Crippen molar-refractivity contribution < 1.29 is 13.2 Å². The van der Waals surface area contributed by atoms with E-state index in [2.05, 4.69) is 0 Å². The highest BCUT2D eigenvalue weighted by atomic mass is 32.2. The molecule has 2 aromatic carbocycles. The number of sulfonamides is 1. The summed E-state index contributed by atoms with van der Waals surface area (Å²) in [5.41, 5.74) is 2.21. The Morgan fingerprint density at radius 1 is 1.15 bits per heavy atom. The monoisotopic (exact) mass is 369 g/mol. The molecule has 1 atom stereocenters. The van der Waals surface area contributed by atoms with Crippen LogP contribution in [0.4, 0.5) is 11.4 Å². The van der Waals surface area contributed by atoms with E-state index in [1.807, 2.05) is 13.0 Å². The molecule has 1 heterocycles. The van der Waals surface area contributed by atoms with Crippen molar-refractivity contribution in [3.63, 3.8) is 0 Å². The molecule has 0 saturated carbocycles. The van der Waals surface area contributed by atoms with Crippen LogP contribution in [0, 0.1) is 11.3 Å². The van der Waals surface area contributed by atoms with E-state index >= 15 is 0 Å². The molecule has 0 bridgehead atoms. The van der Waals surface area contributed by atoms with Crippen LogP contribution in [0.5, 0.6) is 0 Å². The standard InChI is InChI=1S/C19H19N3O3S/c1-14-12-21(18-5-3-4-6-19(18)22(14)15(2)23)26(24,25)13-17-9-7-16(11-20)8-10-17/h3-10,14H,12-13H2,1-2H3/t14-/m0/s1. The van der Waals surface area contributed by atoms with Gasteiger partial charge in [-0.05, 0) is 36.8 Å². The summed E-state index contributed by atoms with van der Waals surface area (Å²) in [7, 11) is -3.64. The summed E-state index contributed by atoms with van der Waals surface area (Å²) in [6, 6.07) is 15.3. The molecule has 0 fully saturated rings. The molecule has 0 radical (unpaired) electrons. The van der Waals surface area contributed by atoms with Crippen molar-refractivity contribution in [1.82, 2.24) is 0 Å². The second-order valence-corrected chi connectivity index (χ2v) is 8.22. The van der Waals surface area contributed by atoms with Gasteiger partial charge in [-0.15, -0.1) is 0 Å². The van der Waals surface area contributed by atoms with E-state index in [0.29, 0.717) is 22.5 Å². The fraction of sp³-hybridized carbons (Fsp3) is 0.263. The molecule has 0 aliphatic carbocycles. The van der Waals surface area contributed by atoms with Gasteiger partial charge in [0.15, 0.2) is 0 Å². The van der Waals surface area contributed by atoms with Gasteiger partial charge in [0.2, 0.25) is 15.9 Å². The van der Waals surface area contributed by atoms with Gasteiger partial charge in [-0.25, -0.2) is 8.42 Å². The molecule has 0 spiro atoms. The summed E-state index contributed by atoms with van der Waals surface area (Å²) in [5.74, 6) is -0.283. The number of amides is 1. The van der Waals surface area contributed by atoms with Gasteiger partial charge in [0, 0.05) is 6.92 Å². The normalized spacial score (nSPS) is 16.7. The number of fused-ring (bicyclic) bond motifs is 1. The molecule has 2 aromatic rings. The highest BCUT2D eigenvalue weighted by Crippen LogP contribution is 2.37. The van der Waals surface area contributed by atoms with Gasteiger partial charge in [0.25, 0.3) is 0 Å². The van der Waals surface area contributed by atoms with E-state index in [4.69, 9.17) is 5.26 Å². The first-order valence-electron chi connectivity index (χ1n) is 8.22. The first-order valence-corrected chi connectivity index (χ1v) is 9.82. The lowest BCUT2D eigenvalue weighted by Crippen LogP contribution is -2.51. The van der Waals surface area contributed by atoms with Crippen LogP contribution in [0.25, 0.3) is 0 Å². The van der Waals surface area contributed by atoms with Crippen molar-refractivity contribution in [2.75, 3.05) is 15.7 Å². The number of carbonyl (C=O) groups excluding carboxylic acids is 1. The molecular formula is C19H19N3O3S. The number of hydrogen-bond donors (Lipinski definition) is 0. The maximum Gasteiger partial charge on any atom is 0.239 e. The van der Waals surface area contributed by atoms with Crippen LogP contribution >= 0.6 is 0 Å². The van der Waals surface area contributed by atoms with E-state index < -0.39 is 10.0 Å². The first-order chi connectivity index (χ1) is 12.3. The highest BCUT2D eigenvalue weighted by Gasteiger charge is 2.35. The number of anilines is 2. The molecule has 7 heteroatoms. The largest absolute Gasteiger partial charge is 0.306 e. The Labute approximate surface area is 153 Å². The van der Waals surface area contributed by atoms with Crippen molar-refractivity contribution in [3.05, 3.63) is 59.7 Å². The highest BCUT2D eigenvalue weighted by molar-refractivity contribution is 7.92. The second-order valence-electron chi connectivity index (χ2n) is 6.32. The summed E-state index contributed by atoms with van der Waals surface area (Å²) in [6.45, 7) is 3.52. The predicted molar refractivity (Wildman–Crippen MR) is 100 cm³/mol. The maximum absolute atomic E-state index is 13.1. The van der Waals surface area contributed by atoms with Gasteiger partial charge >= 0.3 is 0 Å². The Hall–Kier alpha value is -2.85. The molecule has 26 heavy (non-hydrogen) atoms. The Balaban J connectivity index is 1.98. The number of carbonyl (C=O) groups is 1. The maximum atomic E-state index is 13.1. The van der Waals surface area contributed by atoms with Crippen LogP contribution in [-0.2, 0) is 20.6 Å². The topological polar surface area (TPSA) is 81.5 Å². The SMILES string of the molecule is CC(=O)N1c2ccccc2N(S(=O)(=O)Cc2ccc(C#N)cc2)C[C@@H]1C. The molecule has 1 aliphatic heterocycles. The second kappa shape index (κ2) is 6.81. The predicted octanol–water partition coefficient (Wildman–Crippen LogP) is 2.65.